The van der Waals surface area contributed by atoms with Gasteiger partial charge in [0.2, 0.25) is 5.91 Å². The zero-order valence-electron chi connectivity index (χ0n) is 44.9. The number of carbonyl (C=O) groups excluding carboxylic acids is 1. The molecule has 0 rings (SSSR count). The van der Waals surface area contributed by atoms with Gasteiger partial charge in [0.25, 0.3) is 0 Å². The molecule has 5 heteroatoms. The van der Waals surface area contributed by atoms with Crippen LogP contribution in [0.25, 0.3) is 0 Å². The van der Waals surface area contributed by atoms with Gasteiger partial charge in [0.15, 0.2) is 0 Å². The van der Waals surface area contributed by atoms with Gasteiger partial charge in [-0.15, -0.1) is 0 Å². The van der Waals surface area contributed by atoms with E-state index in [4.69, 9.17) is 0 Å². The zero-order valence-corrected chi connectivity index (χ0v) is 44.9. The molecule has 0 saturated heterocycles. The van der Waals surface area contributed by atoms with Crippen LogP contribution in [0.15, 0.2) is 24.3 Å². The highest BCUT2D eigenvalue weighted by Crippen LogP contribution is 2.18. The fourth-order valence-electron chi connectivity index (χ4n) is 9.62. The molecule has 4 N–H and O–H groups in total. The van der Waals surface area contributed by atoms with Gasteiger partial charge in [-0.1, -0.05) is 327 Å². The van der Waals surface area contributed by atoms with E-state index in [1.807, 2.05) is 6.08 Å². The SMILES string of the molecule is CCCCCCCCCCCCCCCCC/C=C/CC/C=C/C(O)C(CO)NC(=O)C(O)CCCCCCCCCCCCCCCCCCCCCCCCCCCCCCCCC. The molecule has 0 aliphatic rings. The smallest absolute Gasteiger partial charge is 0.249 e. The maximum Gasteiger partial charge on any atom is 0.249 e. The minimum Gasteiger partial charge on any atom is -0.394 e. The Morgan fingerprint density at radius 3 is 0.924 bits per heavy atom. The number of aliphatic hydroxyl groups is 3. The number of allylic oxidation sites excluding steroid dienone is 3. The van der Waals surface area contributed by atoms with E-state index in [2.05, 4.69) is 31.3 Å². The van der Waals surface area contributed by atoms with Crippen molar-refractivity contribution in [3.8, 4) is 0 Å². The van der Waals surface area contributed by atoms with Crippen molar-refractivity contribution < 1.29 is 20.1 Å². The Labute approximate surface area is 413 Å². The molecule has 1 amide bonds. The summed E-state index contributed by atoms with van der Waals surface area (Å²) in [7, 11) is 0. The predicted octanol–water partition coefficient (Wildman–Crippen LogP) is 18.8. The number of nitrogens with one attached hydrogen (secondary N) is 1. The van der Waals surface area contributed by atoms with Gasteiger partial charge in [-0.3, -0.25) is 4.79 Å². The Balaban J connectivity index is 3.53. The quantitative estimate of drug-likeness (QED) is 0.0361. The maximum atomic E-state index is 12.6. The summed E-state index contributed by atoms with van der Waals surface area (Å²) in [5.41, 5.74) is 0. The molecule has 0 aliphatic heterocycles. The summed E-state index contributed by atoms with van der Waals surface area (Å²) in [5.74, 6) is -0.506. The largest absolute Gasteiger partial charge is 0.394 e. The van der Waals surface area contributed by atoms with Crippen LogP contribution < -0.4 is 5.32 Å². The molecule has 5 nitrogen and oxygen atoms in total. The summed E-state index contributed by atoms with van der Waals surface area (Å²) in [6, 6.07) is -0.813. The second-order valence-electron chi connectivity index (χ2n) is 20.9. The van der Waals surface area contributed by atoms with Crippen molar-refractivity contribution in [2.24, 2.45) is 0 Å². The molecule has 0 fully saturated rings. The summed E-state index contributed by atoms with van der Waals surface area (Å²) in [5, 5.41) is 33.4. The summed E-state index contributed by atoms with van der Waals surface area (Å²) >= 11 is 0. The van der Waals surface area contributed by atoms with Gasteiger partial charge in [0.05, 0.1) is 18.8 Å². The minimum atomic E-state index is -1.10. The average molecular weight is 931 g/mol. The second kappa shape index (κ2) is 56.4. The first-order valence-corrected chi connectivity index (χ1v) is 30.2. The van der Waals surface area contributed by atoms with Crippen molar-refractivity contribution in [3.05, 3.63) is 24.3 Å². The van der Waals surface area contributed by atoms with E-state index < -0.39 is 24.2 Å². The van der Waals surface area contributed by atoms with Crippen molar-refractivity contribution in [2.45, 2.75) is 353 Å². The van der Waals surface area contributed by atoms with Crippen LogP contribution in [0.1, 0.15) is 335 Å². The lowest BCUT2D eigenvalue weighted by atomic mass is 10.0. The van der Waals surface area contributed by atoms with E-state index >= 15 is 0 Å². The van der Waals surface area contributed by atoms with Gasteiger partial charge >= 0.3 is 0 Å². The van der Waals surface area contributed by atoms with Crippen LogP contribution in [0.5, 0.6) is 0 Å². The highest BCUT2D eigenvalue weighted by atomic mass is 16.3. The van der Waals surface area contributed by atoms with Gasteiger partial charge in [0, 0.05) is 0 Å². The van der Waals surface area contributed by atoms with Crippen molar-refractivity contribution >= 4 is 5.91 Å². The van der Waals surface area contributed by atoms with Gasteiger partial charge in [0.1, 0.15) is 6.10 Å². The monoisotopic (exact) mass is 930 g/mol. The molecule has 392 valence electrons. The summed E-state index contributed by atoms with van der Waals surface area (Å²) in [6.07, 6.45) is 72.8. The van der Waals surface area contributed by atoms with Crippen LogP contribution >= 0.6 is 0 Å². The molecule has 0 bridgehead atoms. The number of hydrogen-bond donors (Lipinski definition) is 4. The number of rotatable bonds is 56. The van der Waals surface area contributed by atoms with Gasteiger partial charge in [-0.2, -0.15) is 0 Å². The van der Waals surface area contributed by atoms with Crippen molar-refractivity contribution in [2.75, 3.05) is 6.61 Å². The second-order valence-corrected chi connectivity index (χ2v) is 20.9. The molecule has 66 heavy (non-hydrogen) atoms. The Morgan fingerprint density at radius 2 is 0.621 bits per heavy atom. The molecule has 0 radical (unpaired) electrons. The van der Waals surface area contributed by atoms with Crippen molar-refractivity contribution in [1.82, 2.24) is 5.32 Å². The number of amides is 1. The molecule has 0 heterocycles. The van der Waals surface area contributed by atoms with Gasteiger partial charge < -0.3 is 20.6 Å². The van der Waals surface area contributed by atoms with Crippen LogP contribution in [0.3, 0.4) is 0 Å². The number of hydrogen-bond acceptors (Lipinski definition) is 4. The Bertz CT molecular complexity index is 982. The van der Waals surface area contributed by atoms with E-state index in [9.17, 15) is 20.1 Å². The maximum absolute atomic E-state index is 12.6. The van der Waals surface area contributed by atoms with E-state index in [-0.39, 0.29) is 6.61 Å². The Hall–Kier alpha value is -1.17. The topological polar surface area (TPSA) is 89.8 Å². The molecular weight excluding hydrogens is 811 g/mol. The highest BCUT2D eigenvalue weighted by molar-refractivity contribution is 5.80. The Morgan fingerprint density at radius 1 is 0.364 bits per heavy atom. The fourth-order valence-corrected chi connectivity index (χ4v) is 9.62. The highest BCUT2D eigenvalue weighted by Gasteiger charge is 2.22. The molecule has 0 saturated carbocycles. The first-order chi connectivity index (χ1) is 32.6. The van der Waals surface area contributed by atoms with Crippen molar-refractivity contribution in [1.29, 1.82) is 0 Å². The molecule has 3 unspecified atom stereocenters. The summed E-state index contributed by atoms with van der Waals surface area (Å²) < 4.78 is 0. The molecule has 0 spiro atoms. The van der Waals surface area contributed by atoms with E-state index in [0.29, 0.717) is 6.42 Å². The van der Waals surface area contributed by atoms with E-state index in [1.165, 1.54) is 276 Å². The molecule has 3 atom stereocenters. The lowest BCUT2D eigenvalue weighted by Gasteiger charge is -2.21. The number of unbranched alkanes of at least 4 members (excludes halogenated alkanes) is 46. The normalized spacial score (nSPS) is 13.3. The molecular formula is C61H119NO4. The summed E-state index contributed by atoms with van der Waals surface area (Å²) in [4.78, 5) is 12.6. The lowest BCUT2D eigenvalue weighted by Crippen LogP contribution is -2.48. The van der Waals surface area contributed by atoms with Gasteiger partial charge in [-0.05, 0) is 32.1 Å². The van der Waals surface area contributed by atoms with Crippen LogP contribution in [0.2, 0.25) is 0 Å². The zero-order chi connectivity index (χ0) is 47.9. The molecule has 0 aliphatic carbocycles. The van der Waals surface area contributed by atoms with Crippen molar-refractivity contribution in [3.63, 3.8) is 0 Å². The van der Waals surface area contributed by atoms with Crippen LogP contribution in [-0.2, 0) is 4.79 Å². The Kier molecular flexibility index (Phi) is 55.4. The van der Waals surface area contributed by atoms with E-state index in [0.717, 1.165) is 38.5 Å². The lowest BCUT2D eigenvalue weighted by molar-refractivity contribution is -0.131. The minimum absolute atomic E-state index is 0.372. The summed E-state index contributed by atoms with van der Waals surface area (Å²) in [6.45, 7) is 4.21. The predicted molar refractivity (Wildman–Crippen MR) is 292 cm³/mol. The third-order valence-electron chi connectivity index (χ3n) is 14.3. The van der Waals surface area contributed by atoms with Crippen LogP contribution in [-0.4, -0.2) is 46.1 Å². The first-order valence-electron chi connectivity index (χ1n) is 30.2. The first kappa shape index (κ1) is 64.8. The fraction of sp³-hybridized carbons (Fsp3) is 0.918. The van der Waals surface area contributed by atoms with Crippen LogP contribution in [0, 0.1) is 0 Å². The standard InChI is InChI=1S/C61H119NO4/c1-3-5-7-9-11-13-15-17-19-21-23-25-26-27-28-29-30-31-32-33-34-36-38-40-42-44-46-48-50-52-54-56-60(65)61(66)62-58(57-63)59(64)55-53-51-49-47-45-43-41-39-37-35-24-22-20-18-16-14-12-10-8-6-4-2/h45,47,53,55,58-60,63-65H,3-44,46,48-52,54,56-57H2,1-2H3,(H,62,66)/b47-45+,55-53+. The van der Waals surface area contributed by atoms with Crippen LogP contribution in [0.4, 0.5) is 0 Å². The third kappa shape index (κ3) is 50.7. The molecule has 0 aromatic carbocycles. The number of carbonyl (C=O) groups is 1. The number of aliphatic hydroxyl groups excluding tert-OH is 3. The third-order valence-corrected chi connectivity index (χ3v) is 14.3. The van der Waals surface area contributed by atoms with E-state index in [1.54, 1.807) is 6.08 Å². The van der Waals surface area contributed by atoms with Gasteiger partial charge in [-0.25, -0.2) is 0 Å². The average Bonchev–Trinajstić information content (AvgIpc) is 3.32. The molecule has 0 aromatic heterocycles. The molecule has 0 aromatic rings.